The van der Waals surface area contributed by atoms with Crippen molar-refractivity contribution in [1.29, 1.82) is 0 Å². The number of ether oxygens (including phenoxy) is 4. The number of fused-ring (bicyclic) bond motifs is 3. The normalized spacial score (nSPS) is 17.5. The molecule has 0 spiro atoms. The molecular formula is C79H85Cl6N9O9. The second-order valence-corrected chi connectivity index (χ2v) is 27.4. The molecule has 542 valence electrons. The van der Waals surface area contributed by atoms with Gasteiger partial charge in [-0.3, -0.25) is 14.4 Å². The molecule has 0 saturated carbocycles. The van der Waals surface area contributed by atoms with Crippen molar-refractivity contribution in [3.63, 3.8) is 0 Å². The SMILES string of the molecule is C.C.C#CC(=O)N1C[C@@H](Cc2ncc3cc(-c4c(Cl)c(OC)cc(OC)c4Cl)ccc3n2)[C@H](C)C1.C=CC(=O)N1C[C@H](Cc2ncc3cc(-c4c(Cl)c(CC)cc(OC)c4Cl)ccc3n2)C[C@@H]1CO.C=CC(=O)N1C[C@H](Cc2ncc3cc(-c4c(Cl)c(CC)cc(OC)c4Cl)ccc3n2)C[C@H]1CO. The molecule has 3 amide bonds. The van der Waals surface area contributed by atoms with Crippen LogP contribution >= 0.6 is 69.6 Å². The zero-order chi connectivity index (χ0) is 72.5. The first-order chi connectivity index (χ1) is 48.6. The summed E-state index contributed by atoms with van der Waals surface area (Å²) in [5.74, 6) is 6.86. The number of aliphatic hydroxyl groups excluding tert-OH is 2. The summed E-state index contributed by atoms with van der Waals surface area (Å²) in [5, 5.41) is 24.9. The van der Waals surface area contributed by atoms with Crippen LogP contribution in [0.1, 0.15) is 77.1 Å². The van der Waals surface area contributed by atoms with Crippen molar-refractivity contribution >= 4 is 120 Å². The summed E-state index contributed by atoms with van der Waals surface area (Å²) in [6, 6.07) is 22.5. The molecule has 24 heteroatoms. The third kappa shape index (κ3) is 17.6. The minimum atomic E-state index is -0.261. The third-order valence-corrected chi connectivity index (χ3v) is 21.3. The van der Waals surface area contributed by atoms with Crippen LogP contribution in [0.3, 0.4) is 0 Å². The fourth-order valence-electron chi connectivity index (χ4n) is 13.5. The molecule has 6 heterocycles. The van der Waals surface area contributed by atoms with Gasteiger partial charge in [-0.05, 0) is 144 Å². The number of nitrogens with zero attached hydrogens (tertiary/aromatic N) is 9. The Bertz CT molecular complexity index is 4410. The largest absolute Gasteiger partial charge is 0.495 e. The number of hydrogen-bond donors (Lipinski definition) is 2. The summed E-state index contributed by atoms with van der Waals surface area (Å²) < 4.78 is 21.7. The Hall–Kier alpha value is -8.35. The molecule has 9 aromatic rings. The number of rotatable bonds is 19. The fraction of sp³-hybridized carbons (Fsp3) is 0.354. The summed E-state index contributed by atoms with van der Waals surface area (Å²) in [6.45, 7) is 15.6. The number of benzene rings is 6. The second kappa shape index (κ2) is 35.9. The van der Waals surface area contributed by atoms with E-state index in [0.717, 1.165) is 90.3 Å². The van der Waals surface area contributed by atoms with Gasteiger partial charge in [0.25, 0.3) is 5.91 Å². The van der Waals surface area contributed by atoms with Crippen LogP contribution in [0, 0.1) is 36.0 Å². The van der Waals surface area contributed by atoms with E-state index in [2.05, 4.69) is 41.0 Å². The van der Waals surface area contributed by atoms with E-state index in [9.17, 15) is 24.6 Å². The number of amides is 3. The van der Waals surface area contributed by atoms with Crippen LogP contribution in [0.25, 0.3) is 66.1 Å². The lowest BCUT2D eigenvalue weighted by Gasteiger charge is -2.21. The molecule has 2 N–H and O–H groups in total. The molecule has 18 nitrogen and oxygen atoms in total. The molecule has 3 fully saturated rings. The van der Waals surface area contributed by atoms with Gasteiger partial charge in [0.1, 0.15) is 40.5 Å². The monoisotopic (exact) mass is 1510 g/mol. The summed E-state index contributed by atoms with van der Waals surface area (Å²) in [7, 11) is 6.27. The van der Waals surface area contributed by atoms with E-state index in [1.165, 1.54) is 12.2 Å². The molecule has 0 aliphatic carbocycles. The topological polar surface area (TPSA) is 216 Å². The number of halogens is 6. The van der Waals surface area contributed by atoms with Crippen molar-refractivity contribution in [1.82, 2.24) is 44.6 Å². The molecule has 0 radical (unpaired) electrons. The molecule has 0 unspecified atom stereocenters. The van der Waals surface area contributed by atoms with Gasteiger partial charge < -0.3 is 43.9 Å². The highest BCUT2D eigenvalue weighted by Gasteiger charge is 2.37. The lowest BCUT2D eigenvalue weighted by Crippen LogP contribution is -2.36. The zero-order valence-corrected chi connectivity index (χ0v) is 61.5. The third-order valence-electron chi connectivity index (χ3n) is 18.9. The lowest BCUT2D eigenvalue weighted by molar-refractivity contribution is -0.128. The first-order valence-corrected chi connectivity index (χ1v) is 35.2. The van der Waals surface area contributed by atoms with Gasteiger partial charge in [-0.15, -0.1) is 6.42 Å². The maximum Gasteiger partial charge on any atom is 0.298 e. The van der Waals surface area contributed by atoms with Gasteiger partial charge in [-0.2, -0.15) is 0 Å². The molecule has 12 rings (SSSR count). The van der Waals surface area contributed by atoms with Crippen LogP contribution in [0.5, 0.6) is 23.0 Å². The highest BCUT2D eigenvalue weighted by Crippen LogP contribution is 2.48. The standard InChI is InChI=1S/2C26H27Cl2N3O3.C25H23Cl2N3O3.2CH4/c2*1-4-16-11-21(34-3)26(28)24(25(16)27)17-6-7-20-18(10-17)12-29-22(30-20)9-15-8-19(14-32)31(13-15)23(33)5-2;1-5-22(31)30-12-14(2)17(13-30)9-21-28-11-16-8-15(6-7-18(16)29-21)23-24(26)19(32-3)10-20(33-4)25(23)27;;/h2*5-7,10-12,15,19,32H,2,4,8-9,13-14H2,1,3H3;1,6-8,10-11,14,17H,9,12-13H2,2-4H3;2*1H4/t15-,19+;15-,19-;14-,17-;;/m001../s1. The van der Waals surface area contributed by atoms with Crippen molar-refractivity contribution in [2.24, 2.45) is 23.7 Å². The van der Waals surface area contributed by atoms with Crippen LogP contribution in [0.15, 0.2) is 117 Å². The van der Waals surface area contributed by atoms with E-state index in [4.69, 9.17) is 110 Å². The van der Waals surface area contributed by atoms with E-state index in [1.54, 1.807) is 67.8 Å². The summed E-state index contributed by atoms with van der Waals surface area (Å²) in [5.41, 5.74) is 9.01. The predicted octanol–water partition coefficient (Wildman–Crippen LogP) is 16.4. The Morgan fingerprint density at radius 3 is 1.21 bits per heavy atom. The van der Waals surface area contributed by atoms with E-state index in [-0.39, 0.29) is 75.6 Å². The molecule has 6 atom stereocenters. The Labute approximate surface area is 632 Å². The van der Waals surface area contributed by atoms with Crippen LogP contribution in [0.2, 0.25) is 30.1 Å². The van der Waals surface area contributed by atoms with Gasteiger partial charge in [0, 0.05) is 103 Å². The van der Waals surface area contributed by atoms with Gasteiger partial charge in [-0.1, -0.05) is 137 Å². The van der Waals surface area contributed by atoms with E-state index in [0.29, 0.717) is 135 Å². The Morgan fingerprint density at radius 1 is 0.534 bits per heavy atom. The highest BCUT2D eigenvalue weighted by atomic mass is 35.5. The second-order valence-electron chi connectivity index (χ2n) is 25.1. The Kier molecular flexibility index (Phi) is 28.0. The van der Waals surface area contributed by atoms with Gasteiger partial charge in [0.15, 0.2) is 0 Å². The smallest absolute Gasteiger partial charge is 0.298 e. The number of methoxy groups -OCH3 is 4. The van der Waals surface area contributed by atoms with Crippen molar-refractivity contribution in [3.8, 4) is 68.7 Å². The lowest BCUT2D eigenvalue weighted by atomic mass is 9.94. The number of aromatic nitrogens is 6. The summed E-state index contributed by atoms with van der Waals surface area (Å²) >= 11 is 39.8. The van der Waals surface area contributed by atoms with Gasteiger partial charge >= 0.3 is 0 Å². The quantitative estimate of drug-likeness (QED) is 0.0569. The average molecular weight is 1520 g/mol. The molecular weight excluding hydrogens is 1430 g/mol. The van der Waals surface area contributed by atoms with Crippen LogP contribution < -0.4 is 18.9 Å². The number of hydrogen-bond acceptors (Lipinski definition) is 15. The number of terminal acetylenes is 1. The van der Waals surface area contributed by atoms with Gasteiger partial charge in [-0.25, -0.2) is 29.9 Å². The first-order valence-electron chi connectivity index (χ1n) is 33.0. The van der Waals surface area contributed by atoms with Crippen molar-refractivity contribution in [2.75, 3.05) is 67.8 Å². The molecule has 3 aliphatic rings. The van der Waals surface area contributed by atoms with E-state index in [1.807, 2.05) is 80.6 Å². The molecule has 3 saturated heterocycles. The van der Waals surface area contributed by atoms with Crippen LogP contribution in [-0.4, -0.2) is 152 Å². The predicted molar refractivity (Wildman–Crippen MR) is 414 cm³/mol. The number of aliphatic hydroxyl groups is 2. The molecule has 103 heavy (non-hydrogen) atoms. The minimum Gasteiger partial charge on any atom is -0.495 e. The van der Waals surface area contributed by atoms with Crippen LogP contribution in [0.4, 0.5) is 0 Å². The fourth-order valence-corrected chi connectivity index (χ4v) is 15.8. The van der Waals surface area contributed by atoms with Gasteiger partial charge in [0.2, 0.25) is 11.8 Å². The minimum absolute atomic E-state index is 0. The van der Waals surface area contributed by atoms with Crippen molar-refractivity contribution in [2.45, 2.75) is 92.7 Å². The van der Waals surface area contributed by atoms with Gasteiger partial charge in [0.05, 0.1) is 100 Å². The van der Waals surface area contributed by atoms with Crippen molar-refractivity contribution in [3.05, 3.63) is 175 Å². The first kappa shape index (κ1) is 80.3. The molecule has 6 aromatic carbocycles. The summed E-state index contributed by atoms with van der Waals surface area (Å²) in [4.78, 5) is 69.0. The maximum atomic E-state index is 12.1. The summed E-state index contributed by atoms with van der Waals surface area (Å²) in [6.07, 6.45) is 18.1. The van der Waals surface area contributed by atoms with E-state index < -0.39 is 0 Å². The molecule has 0 bridgehead atoms. The Morgan fingerprint density at radius 2 is 0.883 bits per heavy atom. The molecule has 3 aliphatic heterocycles. The Balaban J connectivity index is 0.000000194. The highest BCUT2D eigenvalue weighted by molar-refractivity contribution is 6.42. The van der Waals surface area contributed by atoms with Crippen molar-refractivity contribution < 1.29 is 43.5 Å². The number of aryl methyl sites for hydroxylation is 2. The molecule has 3 aromatic heterocycles. The average Bonchev–Trinajstić information content (AvgIpc) is 1.32. The zero-order valence-electron chi connectivity index (χ0n) is 57.0. The van der Waals surface area contributed by atoms with Crippen LogP contribution in [-0.2, 0) is 46.5 Å². The number of carbonyl (C=O) groups excluding carboxylic acids is 3. The van der Waals surface area contributed by atoms with E-state index >= 15 is 0 Å². The maximum absolute atomic E-state index is 12.1. The number of likely N-dealkylation sites (tertiary alicyclic amines) is 3. The number of carbonyl (C=O) groups is 3.